The van der Waals surface area contributed by atoms with E-state index in [9.17, 15) is 13.6 Å². The molecule has 3 N–H and O–H groups in total. The SMILES string of the molecule is CN=C(NCc1cccc(NC(=O)CN(C)C)c1)NC1CCN(c2c(F)cccc2F)C1.I. The molecule has 0 aromatic heterocycles. The van der Waals surface area contributed by atoms with Crippen molar-refractivity contribution in [2.45, 2.75) is 19.0 Å². The zero-order valence-electron chi connectivity index (χ0n) is 19.1. The molecular weight excluding hydrogens is 541 g/mol. The van der Waals surface area contributed by atoms with E-state index in [1.54, 1.807) is 16.8 Å². The van der Waals surface area contributed by atoms with E-state index < -0.39 is 11.6 Å². The Morgan fingerprint density at radius 2 is 1.88 bits per heavy atom. The van der Waals surface area contributed by atoms with Crippen molar-refractivity contribution in [3.63, 3.8) is 0 Å². The molecule has 7 nitrogen and oxygen atoms in total. The highest BCUT2D eigenvalue weighted by Gasteiger charge is 2.27. The van der Waals surface area contributed by atoms with Gasteiger partial charge in [-0.3, -0.25) is 9.79 Å². The fourth-order valence-electron chi connectivity index (χ4n) is 3.69. The van der Waals surface area contributed by atoms with Crippen molar-refractivity contribution < 1.29 is 13.6 Å². The minimum Gasteiger partial charge on any atom is -0.365 e. The quantitative estimate of drug-likeness (QED) is 0.271. The fraction of sp³-hybridized carbons (Fsp3) is 0.391. The summed E-state index contributed by atoms with van der Waals surface area (Å²) in [6, 6.07) is 11.5. The van der Waals surface area contributed by atoms with Crippen LogP contribution in [0.5, 0.6) is 0 Å². The van der Waals surface area contributed by atoms with Gasteiger partial charge in [-0.1, -0.05) is 18.2 Å². The van der Waals surface area contributed by atoms with Crippen molar-refractivity contribution in [3.8, 4) is 0 Å². The number of likely N-dealkylation sites (N-methyl/N-ethyl adjacent to an activating group) is 1. The fourth-order valence-corrected chi connectivity index (χ4v) is 3.69. The van der Waals surface area contributed by atoms with Crippen molar-refractivity contribution >= 4 is 47.2 Å². The average Bonchev–Trinajstić information content (AvgIpc) is 3.18. The zero-order chi connectivity index (χ0) is 23.1. The van der Waals surface area contributed by atoms with Gasteiger partial charge in [0.15, 0.2) is 5.96 Å². The van der Waals surface area contributed by atoms with E-state index in [1.807, 2.05) is 38.4 Å². The summed E-state index contributed by atoms with van der Waals surface area (Å²) in [5, 5.41) is 9.46. The summed E-state index contributed by atoms with van der Waals surface area (Å²) in [6.45, 7) is 1.86. The van der Waals surface area contributed by atoms with Gasteiger partial charge in [0.2, 0.25) is 5.91 Å². The molecule has 1 amide bonds. The van der Waals surface area contributed by atoms with Gasteiger partial charge in [0.05, 0.1) is 6.54 Å². The largest absolute Gasteiger partial charge is 0.365 e. The lowest BCUT2D eigenvalue weighted by molar-refractivity contribution is -0.116. The summed E-state index contributed by atoms with van der Waals surface area (Å²) >= 11 is 0. The number of carbonyl (C=O) groups is 1. The topological polar surface area (TPSA) is 72.0 Å². The highest BCUT2D eigenvalue weighted by Crippen LogP contribution is 2.26. The molecule has 0 saturated carbocycles. The molecular formula is C23H31F2IN6O. The summed E-state index contributed by atoms with van der Waals surface area (Å²) in [7, 11) is 5.36. The predicted molar refractivity (Wildman–Crippen MR) is 139 cm³/mol. The van der Waals surface area contributed by atoms with Gasteiger partial charge < -0.3 is 25.8 Å². The van der Waals surface area contributed by atoms with Crippen molar-refractivity contribution in [1.82, 2.24) is 15.5 Å². The summed E-state index contributed by atoms with van der Waals surface area (Å²) < 4.78 is 28.1. The van der Waals surface area contributed by atoms with Crippen LogP contribution >= 0.6 is 24.0 Å². The van der Waals surface area contributed by atoms with Crippen LogP contribution in [0.25, 0.3) is 0 Å². The van der Waals surface area contributed by atoms with Gasteiger partial charge in [0.25, 0.3) is 0 Å². The molecule has 1 aliphatic heterocycles. The Morgan fingerprint density at radius 1 is 1.18 bits per heavy atom. The second-order valence-corrected chi connectivity index (χ2v) is 8.06. The molecule has 1 unspecified atom stereocenters. The summed E-state index contributed by atoms with van der Waals surface area (Å²) in [5.74, 6) is -0.570. The number of nitrogens with zero attached hydrogens (tertiary/aromatic N) is 3. The average molecular weight is 572 g/mol. The lowest BCUT2D eigenvalue weighted by atomic mass is 10.2. The summed E-state index contributed by atoms with van der Waals surface area (Å²) in [4.78, 5) is 19.7. The van der Waals surface area contributed by atoms with Crippen LogP contribution in [0.4, 0.5) is 20.2 Å². The first-order valence-electron chi connectivity index (χ1n) is 10.6. The van der Waals surface area contributed by atoms with Crippen LogP contribution in [0.2, 0.25) is 0 Å². The Kier molecular flexibility index (Phi) is 10.3. The van der Waals surface area contributed by atoms with Gasteiger partial charge in [0, 0.05) is 38.4 Å². The lowest BCUT2D eigenvalue weighted by Gasteiger charge is -2.21. The lowest BCUT2D eigenvalue weighted by Crippen LogP contribution is -2.44. The smallest absolute Gasteiger partial charge is 0.238 e. The summed E-state index contributed by atoms with van der Waals surface area (Å²) in [6.07, 6.45) is 0.738. The maximum atomic E-state index is 14.1. The van der Waals surface area contributed by atoms with Crippen LogP contribution in [0.3, 0.4) is 0 Å². The zero-order valence-corrected chi connectivity index (χ0v) is 21.4. The van der Waals surface area contributed by atoms with Crippen molar-refractivity contribution in [3.05, 3.63) is 59.7 Å². The van der Waals surface area contributed by atoms with Crippen molar-refractivity contribution in [2.75, 3.05) is 51.0 Å². The highest BCUT2D eigenvalue weighted by molar-refractivity contribution is 14.0. The molecule has 0 aliphatic carbocycles. The number of benzene rings is 2. The first-order valence-corrected chi connectivity index (χ1v) is 10.6. The molecule has 0 radical (unpaired) electrons. The monoisotopic (exact) mass is 572 g/mol. The molecule has 1 atom stereocenters. The van der Waals surface area contributed by atoms with Gasteiger partial charge in [-0.25, -0.2) is 8.78 Å². The molecule has 180 valence electrons. The molecule has 0 bridgehead atoms. The normalized spacial score (nSPS) is 15.9. The Bertz CT molecular complexity index is 951. The van der Waals surface area contributed by atoms with Gasteiger partial charge in [-0.05, 0) is 50.3 Å². The molecule has 33 heavy (non-hydrogen) atoms. The maximum absolute atomic E-state index is 14.1. The van der Waals surface area contributed by atoms with Gasteiger partial charge in [0.1, 0.15) is 17.3 Å². The van der Waals surface area contributed by atoms with E-state index in [0.717, 1.165) is 17.7 Å². The molecule has 1 fully saturated rings. The Balaban J connectivity index is 0.00000385. The van der Waals surface area contributed by atoms with Crippen LogP contribution < -0.4 is 20.9 Å². The van der Waals surface area contributed by atoms with Crippen LogP contribution in [-0.4, -0.2) is 63.6 Å². The first-order chi connectivity index (χ1) is 15.4. The second kappa shape index (κ2) is 12.7. The highest BCUT2D eigenvalue weighted by atomic mass is 127. The number of carbonyl (C=O) groups excluding carboxylic acids is 1. The molecule has 0 spiro atoms. The number of amides is 1. The number of para-hydroxylation sites is 1. The molecule has 1 saturated heterocycles. The Morgan fingerprint density at radius 3 is 2.55 bits per heavy atom. The van der Waals surface area contributed by atoms with Gasteiger partial charge in [-0.15, -0.1) is 24.0 Å². The van der Waals surface area contributed by atoms with E-state index in [0.29, 0.717) is 32.1 Å². The Labute approximate surface area is 210 Å². The van der Waals surface area contributed by atoms with Crippen LogP contribution in [0, 0.1) is 11.6 Å². The third-order valence-corrected chi connectivity index (χ3v) is 5.14. The number of guanidine groups is 1. The Hall–Kier alpha value is -2.47. The van der Waals surface area contributed by atoms with E-state index in [1.165, 1.54) is 18.2 Å². The number of rotatable bonds is 7. The number of halogens is 3. The van der Waals surface area contributed by atoms with Crippen molar-refractivity contribution in [2.24, 2.45) is 4.99 Å². The van der Waals surface area contributed by atoms with Gasteiger partial charge in [-0.2, -0.15) is 0 Å². The molecule has 2 aromatic carbocycles. The predicted octanol–water partition coefficient (Wildman–Crippen LogP) is 3.03. The summed E-state index contributed by atoms with van der Waals surface area (Å²) in [5.41, 5.74) is 1.74. The number of hydrogen-bond acceptors (Lipinski definition) is 4. The first kappa shape index (κ1) is 26.8. The minimum absolute atomic E-state index is 0. The van der Waals surface area contributed by atoms with E-state index >= 15 is 0 Å². The molecule has 10 heteroatoms. The number of hydrogen-bond donors (Lipinski definition) is 3. The number of aliphatic imine (C=N–C) groups is 1. The van der Waals surface area contributed by atoms with Crippen LogP contribution in [0.1, 0.15) is 12.0 Å². The van der Waals surface area contributed by atoms with Crippen LogP contribution in [-0.2, 0) is 11.3 Å². The third kappa shape index (κ3) is 7.81. The maximum Gasteiger partial charge on any atom is 0.238 e. The van der Waals surface area contributed by atoms with Gasteiger partial charge >= 0.3 is 0 Å². The van der Waals surface area contributed by atoms with E-state index in [2.05, 4.69) is 20.9 Å². The minimum atomic E-state index is -0.550. The molecule has 1 aliphatic rings. The molecule has 3 rings (SSSR count). The molecule has 1 heterocycles. The van der Waals surface area contributed by atoms with E-state index in [-0.39, 0.29) is 41.6 Å². The number of nitrogens with one attached hydrogen (secondary N) is 3. The standard InChI is InChI=1S/C23H30F2N6O.HI/c1-26-23(27-13-16-6-4-7-17(12-16)28-21(32)15-30(2)3)29-18-10-11-31(14-18)22-19(24)8-5-9-20(22)25;/h4-9,12,18H,10-11,13-15H2,1-3H3,(H,28,32)(H2,26,27,29);1H. The number of anilines is 2. The van der Waals surface area contributed by atoms with Crippen LogP contribution in [0.15, 0.2) is 47.5 Å². The van der Waals surface area contributed by atoms with Crippen molar-refractivity contribution in [1.29, 1.82) is 0 Å². The second-order valence-electron chi connectivity index (χ2n) is 8.06. The third-order valence-electron chi connectivity index (χ3n) is 5.14. The van der Waals surface area contributed by atoms with E-state index in [4.69, 9.17) is 0 Å². The molecule has 2 aromatic rings.